The SMILES string of the molecule is CCCN1C(=O)CC[C@H](NC(=O)c2nccc3ccccc23)C(=O)N1CC(=O)N[C@H](C=O)CC(C)=O. The fourth-order valence-electron chi connectivity index (χ4n) is 4.07. The van der Waals surface area contributed by atoms with Crippen molar-refractivity contribution in [2.75, 3.05) is 13.1 Å². The highest BCUT2D eigenvalue weighted by Gasteiger charge is 2.37. The normalized spacial score (nSPS) is 16.9. The highest BCUT2D eigenvalue weighted by molar-refractivity contribution is 6.06. The van der Waals surface area contributed by atoms with Gasteiger partial charge in [-0.2, -0.15) is 0 Å². The van der Waals surface area contributed by atoms with E-state index in [9.17, 15) is 28.8 Å². The molecule has 2 N–H and O–H groups in total. The van der Waals surface area contributed by atoms with Crippen LogP contribution in [0.3, 0.4) is 0 Å². The number of hydrogen-bond acceptors (Lipinski definition) is 7. The number of nitrogens with one attached hydrogen (secondary N) is 2. The first-order valence-corrected chi connectivity index (χ1v) is 11.8. The van der Waals surface area contributed by atoms with E-state index in [1.54, 1.807) is 18.2 Å². The van der Waals surface area contributed by atoms with Crippen LogP contribution >= 0.6 is 0 Å². The number of benzene rings is 1. The third kappa shape index (κ3) is 6.29. The molecule has 0 unspecified atom stereocenters. The first kappa shape index (κ1) is 26.5. The molecule has 0 aliphatic carbocycles. The quantitative estimate of drug-likeness (QED) is 0.463. The Bertz CT molecular complexity index is 1180. The molecule has 1 aliphatic rings. The van der Waals surface area contributed by atoms with Crippen LogP contribution < -0.4 is 10.6 Å². The molecule has 1 aromatic carbocycles. The van der Waals surface area contributed by atoms with E-state index in [0.717, 1.165) is 10.4 Å². The summed E-state index contributed by atoms with van der Waals surface area (Å²) in [6.07, 6.45) is 2.32. The summed E-state index contributed by atoms with van der Waals surface area (Å²) in [4.78, 5) is 78.8. The van der Waals surface area contributed by atoms with E-state index in [-0.39, 0.29) is 43.2 Å². The number of amides is 4. The van der Waals surface area contributed by atoms with E-state index < -0.39 is 36.3 Å². The van der Waals surface area contributed by atoms with E-state index in [1.807, 2.05) is 19.1 Å². The summed E-state index contributed by atoms with van der Waals surface area (Å²) in [5, 5.41) is 8.71. The average molecular weight is 496 g/mol. The summed E-state index contributed by atoms with van der Waals surface area (Å²) in [6, 6.07) is 6.85. The monoisotopic (exact) mass is 495 g/mol. The van der Waals surface area contributed by atoms with Crippen molar-refractivity contribution in [1.29, 1.82) is 0 Å². The largest absolute Gasteiger partial charge is 0.345 e. The third-order valence-electron chi connectivity index (χ3n) is 5.72. The van der Waals surface area contributed by atoms with Crippen LogP contribution in [0, 0.1) is 0 Å². The zero-order valence-electron chi connectivity index (χ0n) is 20.2. The number of carbonyl (C=O) groups is 6. The van der Waals surface area contributed by atoms with Crippen molar-refractivity contribution in [2.24, 2.45) is 0 Å². The Labute approximate surface area is 208 Å². The van der Waals surface area contributed by atoms with Gasteiger partial charge in [0.25, 0.3) is 11.8 Å². The molecular weight excluding hydrogens is 466 g/mol. The standard InChI is InChI=1S/C25H29N5O6/c1-3-12-29-22(34)9-8-20(25(36)30(29)14-21(33)27-18(15-31)13-16(2)32)28-24(35)23-19-7-5-4-6-17(19)10-11-26-23/h4-7,10-11,15,18,20H,3,8-9,12-14H2,1-2H3,(H,27,33)(H,28,35)/t18-,20-/m0/s1. The molecule has 0 saturated carbocycles. The molecule has 1 saturated heterocycles. The van der Waals surface area contributed by atoms with Crippen LogP contribution in [0.5, 0.6) is 0 Å². The Kier molecular flexibility index (Phi) is 8.82. The van der Waals surface area contributed by atoms with Crippen LogP contribution in [0.15, 0.2) is 36.5 Å². The average Bonchev–Trinajstić information content (AvgIpc) is 2.95. The summed E-state index contributed by atoms with van der Waals surface area (Å²) < 4.78 is 0. The number of hydrazine groups is 1. The van der Waals surface area contributed by atoms with Crippen molar-refractivity contribution >= 4 is 46.5 Å². The first-order chi connectivity index (χ1) is 17.2. The lowest BCUT2D eigenvalue weighted by molar-refractivity contribution is -0.164. The predicted octanol–water partition coefficient (Wildman–Crippen LogP) is 0.772. The Morgan fingerprint density at radius 1 is 1.17 bits per heavy atom. The van der Waals surface area contributed by atoms with Gasteiger partial charge in [-0.05, 0) is 31.2 Å². The summed E-state index contributed by atoms with van der Waals surface area (Å²) in [7, 11) is 0. The molecule has 2 atom stereocenters. The van der Waals surface area contributed by atoms with E-state index in [1.165, 1.54) is 18.1 Å². The molecule has 0 spiro atoms. The maximum absolute atomic E-state index is 13.5. The van der Waals surface area contributed by atoms with Gasteiger partial charge < -0.3 is 15.4 Å². The maximum Gasteiger partial charge on any atom is 0.271 e. The Morgan fingerprint density at radius 3 is 2.61 bits per heavy atom. The third-order valence-corrected chi connectivity index (χ3v) is 5.72. The topological polar surface area (TPSA) is 146 Å². The van der Waals surface area contributed by atoms with Gasteiger partial charge in [-0.15, -0.1) is 0 Å². The predicted molar refractivity (Wildman–Crippen MR) is 129 cm³/mol. The van der Waals surface area contributed by atoms with Gasteiger partial charge in [-0.25, -0.2) is 5.01 Å². The van der Waals surface area contributed by atoms with Crippen molar-refractivity contribution < 1.29 is 28.8 Å². The van der Waals surface area contributed by atoms with E-state index in [2.05, 4.69) is 15.6 Å². The molecular formula is C25H29N5O6. The van der Waals surface area contributed by atoms with E-state index >= 15 is 0 Å². The van der Waals surface area contributed by atoms with E-state index in [4.69, 9.17) is 0 Å². The van der Waals surface area contributed by atoms with Gasteiger partial charge in [-0.3, -0.25) is 34.0 Å². The van der Waals surface area contributed by atoms with Crippen LogP contribution in [0.1, 0.15) is 50.0 Å². The zero-order valence-corrected chi connectivity index (χ0v) is 20.2. The van der Waals surface area contributed by atoms with Gasteiger partial charge in [0.2, 0.25) is 11.8 Å². The van der Waals surface area contributed by atoms with Gasteiger partial charge in [0.05, 0.1) is 6.04 Å². The second-order valence-electron chi connectivity index (χ2n) is 8.57. The van der Waals surface area contributed by atoms with E-state index in [0.29, 0.717) is 18.1 Å². The number of Topliss-reactive ketones (excluding diaryl/α,β-unsaturated/α-hetero) is 1. The Hall–Kier alpha value is -4.15. The summed E-state index contributed by atoms with van der Waals surface area (Å²) in [5.74, 6) is -2.57. The number of rotatable bonds is 10. The Balaban J connectivity index is 1.82. The molecule has 4 amide bonds. The number of ketones is 1. The molecule has 11 heteroatoms. The van der Waals surface area contributed by atoms with Crippen LogP contribution in [0.4, 0.5) is 0 Å². The Morgan fingerprint density at radius 2 is 1.92 bits per heavy atom. The number of carbonyl (C=O) groups excluding carboxylic acids is 6. The molecule has 2 aromatic rings. The second kappa shape index (κ2) is 12.0. The van der Waals surface area contributed by atoms with Gasteiger partial charge in [0.1, 0.15) is 30.3 Å². The number of hydrogen-bond donors (Lipinski definition) is 2. The lowest BCUT2D eigenvalue weighted by Crippen LogP contribution is -2.57. The number of pyridine rings is 1. The van der Waals surface area contributed by atoms with Gasteiger partial charge in [0, 0.05) is 31.0 Å². The summed E-state index contributed by atoms with van der Waals surface area (Å²) >= 11 is 0. The van der Waals surface area contributed by atoms with Crippen LogP contribution in [-0.2, 0) is 24.0 Å². The van der Waals surface area contributed by atoms with Crippen LogP contribution in [0.2, 0.25) is 0 Å². The molecule has 1 aromatic heterocycles. The molecule has 1 fully saturated rings. The number of aromatic nitrogens is 1. The summed E-state index contributed by atoms with van der Waals surface area (Å²) in [5.41, 5.74) is 0.143. The van der Waals surface area contributed by atoms with Gasteiger partial charge in [0.15, 0.2) is 0 Å². The minimum Gasteiger partial charge on any atom is -0.345 e. The smallest absolute Gasteiger partial charge is 0.271 e. The summed E-state index contributed by atoms with van der Waals surface area (Å²) in [6.45, 7) is 2.75. The van der Waals surface area contributed by atoms with Crippen molar-refractivity contribution in [1.82, 2.24) is 25.6 Å². The number of fused-ring (bicyclic) bond motifs is 1. The molecule has 0 bridgehead atoms. The lowest BCUT2D eigenvalue weighted by atomic mass is 10.1. The molecule has 11 nitrogen and oxygen atoms in total. The first-order valence-electron chi connectivity index (χ1n) is 11.8. The van der Waals surface area contributed by atoms with Crippen molar-refractivity contribution in [3.8, 4) is 0 Å². The highest BCUT2D eigenvalue weighted by atomic mass is 16.2. The second-order valence-corrected chi connectivity index (χ2v) is 8.57. The van der Waals surface area contributed by atoms with Crippen LogP contribution in [-0.4, -0.2) is 75.9 Å². The van der Waals surface area contributed by atoms with Gasteiger partial charge in [-0.1, -0.05) is 31.2 Å². The minimum absolute atomic E-state index is 0.0148. The zero-order chi connectivity index (χ0) is 26.2. The minimum atomic E-state index is -1.07. The van der Waals surface area contributed by atoms with Crippen molar-refractivity contribution in [3.63, 3.8) is 0 Å². The molecule has 0 radical (unpaired) electrons. The lowest BCUT2D eigenvalue weighted by Gasteiger charge is -2.34. The molecule has 1 aliphatic heterocycles. The molecule has 2 heterocycles. The van der Waals surface area contributed by atoms with Gasteiger partial charge >= 0.3 is 0 Å². The molecule has 36 heavy (non-hydrogen) atoms. The number of aldehydes is 1. The number of nitrogens with zero attached hydrogens (tertiary/aromatic N) is 3. The fraction of sp³-hybridized carbons (Fsp3) is 0.400. The van der Waals surface area contributed by atoms with Crippen molar-refractivity contribution in [2.45, 2.75) is 51.6 Å². The molecule has 3 rings (SSSR count). The molecule has 190 valence electrons. The maximum atomic E-state index is 13.5. The van der Waals surface area contributed by atoms with Crippen molar-refractivity contribution in [3.05, 3.63) is 42.2 Å². The van der Waals surface area contributed by atoms with Crippen LogP contribution in [0.25, 0.3) is 10.8 Å². The highest BCUT2D eigenvalue weighted by Crippen LogP contribution is 2.19. The fourth-order valence-corrected chi connectivity index (χ4v) is 4.07.